The number of phenolic OH excluding ortho intramolecular Hbond substituents is 1. The van der Waals surface area contributed by atoms with Gasteiger partial charge in [-0.3, -0.25) is 0 Å². The maximum absolute atomic E-state index is 12.8. The van der Waals surface area contributed by atoms with Gasteiger partial charge in [-0.25, -0.2) is 0 Å². The Morgan fingerprint density at radius 3 is 2.24 bits per heavy atom. The van der Waals surface area contributed by atoms with Crippen LogP contribution in [0.25, 0.3) is 0 Å². The maximum Gasteiger partial charge on any atom is 0.416 e. The van der Waals surface area contributed by atoms with Crippen molar-refractivity contribution in [3.8, 4) is 5.75 Å². The van der Waals surface area contributed by atoms with Gasteiger partial charge in [0.15, 0.2) is 0 Å². The van der Waals surface area contributed by atoms with E-state index in [0.717, 1.165) is 12.1 Å². The monoisotopic (exact) mass is 246 g/mol. The van der Waals surface area contributed by atoms with Gasteiger partial charge in [-0.1, -0.05) is 18.9 Å². The van der Waals surface area contributed by atoms with Crippen LogP contribution in [0.4, 0.5) is 13.2 Å². The van der Waals surface area contributed by atoms with E-state index in [1.807, 2.05) is 0 Å². The molecular weight excluding hydrogens is 233 g/mol. The number of alkyl halides is 3. The van der Waals surface area contributed by atoms with E-state index in [1.165, 1.54) is 6.07 Å². The highest BCUT2D eigenvalue weighted by Crippen LogP contribution is 2.47. The molecule has 1 aromatic carbocycles. The number of halogens is 3. The molecule has 1 saturated carbocycles. The highest BCUT2D eigenvalue weighted by molar-refractivity contribution is 5.45. The first-order valence-corrected chi connectivity index (χ1v) is 5.47. The fourth-order valence-corrected chi connectivity index (χ4v) is 2.48. The molecule has 5 heteroatoms. The summed E-state index contributed by atoms with van der Waals surface area (Å²) in [6, 6.07) is 3.21. The molecule has 94 valence electrons. The van der Waals surface area contributed by atoms with Crippen molar-refractivity contribution in [3.63, 3.8) is 0 Å². The SMILES string of the molecule is Oc1cccc(C(F)(F)F)c1C1(O)CCCC1. The van der Waals surface area contributed by atoms with Crippen LogP contribution in [0.5, 0.6) is 5.75 Å². The Bertz CT molecular complexity index is 420. The Balaban J connectivity index is 2.59. The molecule has 2 N–H and O–H groups in total. The third-order valence-corrected chi connectivity index (χ3v) is 3.24. The average Bonchev–Trinajstić information content (AvgIpc) is 2.64. The first kappa shape index (κ1) is 12.2. The van der Waals surface area contributed by atoms with Gasteiger partial charge in [-0.05, 0) is 25.0 Å². The predicted octanol–water partition coefficient (Wildman–Crippen LogP) is 3.17. The molecule has 0 heterocycles. The van der Waals surface area contributed by atoms with Crippen molar-refractivity contribution in [2.45, 2.75) is 37.5 Å². The summed E-state index contributed by atoms with van der Waals surface area (Å²) in [5.74, 6) is -0.482. The average molecular weight is 246 g/mol. The number of benzene rings is 1. The Labute approximate surface area is 96.7 Å². The number of hydrogen-bond donors (Lipinski definition) is 2. The van der Waals surface area contributed by atoms with Gasteiger partial charge in [0.05, 0.1) is 11.2 Å². The van der Waals surface area contributed by atoms with Gasteiger partial charge in [0.1, 0.15) is 5.75 Å². The zero-order valence-corrected chi connectivity index (χ0v) is 9.09. The van der Waals surface area contributed by atoms with Crippen molar-refractivity contribution in [3.05, 3.63) is 29.3 Å². The molecule has 0 aromatic heterocycles. The van der Waals surface area contributed by atoms with E-state index in [-0.39, 0.29) is 18.4 Å². The largest absolute Gasteiger partial charge is 0.508 e. The molecule has 0 radical (unpaired) electrons. The zero-order chi connectivity index (χ0) is 12.7. The van der Waals surface area contributed by atoms with Crippen molar-refractivity contribution in [1.29, 1.82) is 0 Å². The summed E-state index contributed by atoms with van der Waals surface area (Å²) in [5.41, 5.74) is -2.86. The van der Waals surface area contributed by atoms with Gasteiger partial charge >= 0.3 is 6.18 Å². The van der Waals surface area contributed by atoms with E-state index in [0.29, 0.717) is 12.8 Å². The first-order chi connectivity index (χ1) is 7.84. The normalized spacial score (nSPS) is 19.5. The summed E-state index contributed by atoms with van der Waals surface area (Å²) >= 11 is 0. The maximum atomic E-state index is 12.8. The summed E-state index contributed by atoms with van der Waals surface area (Å²) in [6.07, 6.45) is -2.71. The van der Waals surface area contributed by atoms with Gasteiger partial charge in [0.2, 0.25) is 0 Å². The Morgan fingerprint density at radius 2 is 1.71 bits per heavy atom. The molecule has 2 nitrogen and oxygen atoms in total. The van der Waals surface area contributed by atoms with Crippen molar-refractivity contribution in [1.82, 2.24) is 0 Å². The Kier molecular flexibility index (Phi) is 2.81. The first-order valence-electron chi connectivity index (χ1n) is 5.47. The van der Waals surface area contributed by atoms with Gasteiger partial charge in [-0.15, -0.1) is 0 Å². The van der Waals surface area contributed by atoms with Crippen LogP contribution in [0.15, 0.2) is 18.2 Å². The van der Waals surface area contributed by atoms with E-state index in [1.54, 1.807) is 0 Å². The molecule has 0 saturated heterocycles. The second-order valence-electron chi connectivity index (χ2n) is 4.44. The van der Waals surface area contributed by atoms with E-state index < -0.39 is 23.1 Å². The fourth-order valence-electron chi connectivity index (χ4n) is 2.48. The number of aliphatic hydroxyl groups is 1. The van der Waals surface area contributed by atoms with Crippen LogP contribution in [-0.2, 0) is 11.8 Å². The molecule has 1 aliphatic carbocycles. The molecular formula is C12H13F3O2. The summed E-state index contributed by atoms with van der Waals surface area (Å²) in [4.78, 5) is 0. The highest BCUT2D eigenvalue weighted by atomic mass is 19.4. The third-order valence-electron chi connectivity index (χ3n) is 3.24. The molecule has 1 aliphatic rings. The number of rotatable bonds is 1. The lowest BCUT2D eigenvalue weighted by Crippen LogP contribution is -2.25. The third kappa shape index (κ3) is 2.11. The van der Waals surface area contributed by atoms with Crippen LogP contribution >= 0.6 is 0 Å². The van der Waals surface area contributed by atoms with Gasteiger partial charge < -0.3 is 10.2 Å². The lowest BCUT2D eigenvalue weighted by atomic mass is 9.87. The van der Waals surface area contributed by atoms with E-state index in [2.05, 4.69) is 0 Å². The smallest absolute Gasteiger partial charge is 0.416 e. The minimum absolute atomic E-state index is 0.258. The minimum atomic E-state index is -4.56. The molecule has 1 aromatic rings. The van der Waals surface area contributed by atoms with E-state index in [9.17, 15) is 23.4 Å². The molecule has 0 amide bonds. The molecule has 0 aliphatic heterocycles. The lowest BCUT2D eigenvalue weighted by Gasteiger charge is -2.27. The number of hydrogen-bond acceptors (Lipinski definition) is 2. The molecule has 0 spiro atoms. The minimum Gasteiger partial charge on any atom is -0.508 e. The van der Waals surface area contributed by atoms with Crippen LogP contribution in [0.1, 0.15) is 36.8 Å². The summed E-state index contributed by atoms with van der Waals surface area (Å²) < 4.78 is 38.5. The predicted molar refractivity (Wildman–Crippen MR) is 55.5 cm³/mol. The van der Waals surface area contributed by atoms with Gasteiger partial charge in [0.25, 0.3) is 0 Å². The molecule has 0 atom stereocenters. The van der Waals surface area contributed by atoms with Crippen molar-refractivity contribution in [2.24, 2.45) is 0 Å². The quantitative estimate of drug-likeness (QED) is 0.799. The second kappa shape index (κ2) is 3.91. The Morgan fingerprint density at radius 1 is 1.12 bits per heavy atom. The van der Waals surface area contributed by atoms with Crippen molar-refractivity contribution < 1.29 is 23.4 Å². The molecule has 0 unspecified atom stereocenters. The standard InChI is InChI=1S/C12H13F3O2/c13-12(14,15)8-4-3-5-9(16)10(8)11(17)6-1-2-7-11/h3-5,16-17H,1-2,6-7H2. The molecule has 1 fully saturated rings. The second-order valence-corrected chi connectivity index (χ2v) is 4.44. The van der Waals surface area contributed by atoms with Gasteiger partial charge in [-0.2, -0.15) is 13.2 Å². The number of aromatic hydroxyl groups is 1. The van der Waals surface area contributed by atoms with Crippen molar-refractivity contribution in [2.75, 3.05) is 0 Å². The summed E-state index contributed by atoms with van der Waals surface area (Å²) in [7, 11) is 0. The summed E-state index contributed by atoms with van der Waals surface area (Å²) in [5, 5.41) is 19.8. The van der Waals surface area contributed by atoms with Crippen LogP contribution in [-0.4, -0.2) is 10.2 Å². The van der Waals surface area contributed by atoms with Crippen LogP contribution in [0.3, 0.4) is 0 Å². The van der Waals surface area contributed by atoms with Crippen LogP contribution in [0.2, 0.25) is 0 Å². The molecule has 17 heavy (non-hydrogen) atoms. The van der Waals surface area contributed by atoms with Gasteiger partial charge in [0, 0.05) is 5.56 Å². The van der Waals surface area contributed by atoms with Crippen LogP contribution < -0.4 is 0 Å². The molecule has 2 rings (SSSR count). The van der Waals surface area contributed by atoms with E-state index >= 15 is 0 Å². The number of phenols is 1. The topological polar surface area (TPSA) is 40.5 Å². The zero-order valence-electron chi connectivity index (χ0n) is 9.09. The van der Waals surface area contributed by atoms with E-state index in [4.69, 9.17) is 0 Å². The fraction of sp³-hybridized carbons (Fsp3) is 0.500. The summed E-state index contributed by atoms with van der Waals surface area (Å²) in [6.45, 7) is 0. The Hall–Kier alpha value is -1.23. The highest BCUT2D eigenvalue weighted by Gasteiger charge is 2.43. The van der Waals surface area contributed by atoms with Crippen molar-refractivity contribution >= 4 is 0 Å². The molecule has 0 bridgehead atoms. The van der Waals surface area contributed by atoms with Crippen LogP contribution in [0, 0.1) is 0 Å². The lowest BCUT2D eigenvalue weighted by molar-refractivity contribution is -0.140.